The normalized spacial score (nSPS) is 23.5. The Labute approximate surface area is 173 Å². The fourth-order valence-corrected chi connectivity index (χ4v) is 3.17. The molecular weight excluding hydrogens is 372 g/mol. The summed E-state index contributed by atoms with van der Waals surface area (Å²) in [5, 5.41) is 8.99. The quantitative estimate of drug-likeness (QED) is 0.716. The van der Waals surface area contributed by atoms with E-state index in [4.69, 9.17) is 9.47 Å². The minimum atomic E-state index is -0.319. The third-order valence-electron chi connectivity index (χ3n) is 4.90. The van der Waals surface area contributed by atoms with Gasteiger partial charge in [0, 0.05) is 45.0 Å². The molecule has 0 saturated carbocycles. The second-order valence-corrected chi connectivity index (χ2v) is 8.02. The Balaban J connectivity index is 2.31. The van der Waals surface area contributed by atoms with Crippen molar-refractivity contribution in [1.82, 2.24) is 15.5 Å². The molecule has 162 valence electrons. The van der Waals surface area contributed by atoms with Gasteiger partial charge in [-0.25, -0.2) is 4.79 Å². The van der Waals surface area contributed by atoms with Crippen molar-refractivity contribution in [1.29, 1.82) is 0 Å². The van der Waals surface area contributed by atoms with Gasteiger partial charge in [-0.1, -0.05) is 6.92 Å². The van der Waals surface area contributed by atoms with Crippen molar-refractivity contribution in [2.75, 3.05) is 39.2 Å². The number of anilines is 1. The maximum Gasteiger partial charge on any atom is 0.319 e. The smallest absolute Gasteiger partial charge is 0.319 e. The van der Waals surface area contributed by atoms with Crippen LogP contribution in [0, 0.1) is 5.92 Å². The van der Waals surface area contributed by atoms with Crippen molar-refractivity contribution in [3.05, 3.63) is 23.8 Å². The van der Waals surface area contributed by atoms with Crippen LogP contribution in [-0.4, -0.2) is 68.9 Å². The van der Waals surface area contributed by atoms with Crippen LogP contribution in [0.2, 0.25) is 0 Å². The first-order chi connectivity index (χ1) is 13.7. The number of likely N-dealkylation sites (N-methyl/N-ethyl adjacent to an activating group) is 1. The second-order valence-electron chi connectivity index (χ2n) is 8.02. The van der Waals surface area contributed by atoms with Gasteiger partial charge in [-0.15, -0.1) is 0 Å². The first-order valence-electron chi connectivity index (χ1n) is 10.1. The molecule has 1 heterocycles. The third kappa shape index (κ3) is 6.61. The summed E-state index contributed by atoms with van der Waals surface area (Å²) in [6.45, 7) is 9.56. The maximum atomic E-state index is 13.2. The van der Waals surface area contributed by atoms with Gasteiger partial charge in [-0.3, -0.25) is 4.79 Å². The van der Waals surface area contributed by atoms with E-state index in [1.807, 2.05) is 20.8 Å². The zero-order chi connectivity index (χ0) is 21.6. The fraction of sp³-hybridized carbons (Fsp3) is 0.619. The average molecular weight is 407 g/mol. The third-order valence-corrected chi connectivity index (χ3v) is 4.90. The van der Waals surface area contributed by atoms with Gasteiger partial charge in [-0.2, -0.15) is 0 Å². The van der Waals surface area contributed by atoms with Crippen LogP contribution in [0.5, 0.6) is 5.75 Å². The molecule has 0 radical (unpaired) electrons. The summed E-state index contributed by atoms with van der Waals surface area (Å²) in [6.07, 6.45) is -0.0921. The van der Waals surface area contributed by atoms with Gasteiger partial charge in [-0.05, 0) is 44.9 Å². The Bertz CT molecular complexity index is 710. The number of rotatable bonds is 3. The Kier molecular flexibility index (Phi) is 8.28. The molecule has 0 fully saturated rings. The number of urea groups is 1. The minimum absolute atomic E-state index is 0.0114. The minimum Gasteiger partial charge on any atom is -0.491 e. The lowest BCUT2D eigenvalue weighted by Gasteiger charge is -2.30. The van der Waals surface area contributed by atoms with E-state index in [1.54, 1.807) is 37.3 Å². The number of nitrogens with zero attached hydrogens (tertiary/aromatic N) is 1. The van der Waals surface area contributed by atoms with Crippen molar-refractivity contribution in [3.8, 4) is 5.75 Å². The molecule has 0 aliphatic carbocycles. The Morgan fingerprint density at radius 1 is 1.34 bits per heavy atom. The van der Waals surface area contributed by atoms with Gasteiger partial charge in [0.15, 0.2) is 0 Å². The van der Waals surface area contributed by atoms with E-state index in [0.29, 0.717) is 30.2 Å². The summed E-state index contributed by atoms with van der Waals surface area (Å²) in [7, 11) is 3.42. The van der Waals surface area contributed by atoms with E-state index < -0.39 is 0 Å². The average Bonchev–Trinajstić information content (AvgIpc) is 2.66. The van der Waals surface area contributed by atoms with Crippen LogP contribution in [0.3, 0.4) is 0 Å². The van der Waals surface area contributed by atoms with Crippen molar-refractivity contribution in [2.45, 2.75) is 45.9 Å². The van der Waals surface area contributed by atoms with E-state index in [0.717, 1.165) is 6.54 Å². The molecule has 1 aromatic carbocycles. The molecule has 0 unspecified atom stereocenters. The molecular formula is C21H34N4O4. The van der Waals surface area contributed by atoms with Crippen LogP contribution in [0.15, 0.2) is 18.2 Å². The molecule has 29 heavy (non-hydrogen) atoms. The van der Waals surface area contributed by atoms with Crippen molar-refractivity contribution >= 4 is 17.6 Å². The Hall–Kier alpha value is -2.32. The summed E-state index contributed by atoms with van der Waals surface area (Å²) in [6, 6.07) is 4.92. The second kappa shape index (κ2) is 10.5. The molecule has 3 amide bonds. The van der Waals surface area contributed by atoms with E-state index in [9.17, 15) is 9.59 Å². The lowest BCUT2D eigenvalue weighted by atomic mass is 10.0. The van der Waals surface area contributed by atoms with E-state index in [2.05, 4.69) is 22.9 Å². The summed E-state index contributed by atoms with van der Waals surface area (Å²) in [5.74, 6) is 0.542. The van der Waals surface area contributed by atoms with E-state index in [-0.39, 0.29) is 36.0 Å². The van der Waals surface area contributed by atoms with Crippen LogP contribution >= 0.6 is 0 Å². The largest absolute Gasteiger partial charge is 0.491 e. The summed E-state index contributed by atoms with van der Waals surface area (Å²) in [5.41, 5.74) is 0.937. The van der Waals surface area contributed by atoms with Crippen LogP contribution in [-0.2, 0) is 4.74 Å². The van der Waals surface area contributed by atoms with Gasteiger partial charge in [0.2, 0.25) is 0 Å². The van der Waals surface area contributed by atoms with Crippen LogP contribution in [0.4, 0.5) is 10.5 Å². The topological polar surface area (TPSA) is 91.9 Å². The van der Waals surface area contributed by atoms with Gasteiger partial charge in [0.25, 0.3) is 5.91 Å². The molecule has 1 aliphatic rings. The number of fused-ring (bicyclic) bond motifs is 1. The molecule has 8 heteroatoms. The monoisotopic (exact) mass is 406 g/mol. The zero-order valence-corrected chi connectivity index (χ0v) is 18.2. The predicted octanol–water partition coefficient (Wildman–Crippen LogP) is 2.31. The number of carbonyl (C=O) groups is 2. The van der Waals surface area contributed by atoms with Gasteiger partial charge >= 0.3 is 6.03 Å². The first-order valence-corrected chi connectivity index (χ1v) is 10.1. The molecule has 0 saturated heterocycles. The molecule has 0 bridgehead atoms. The lowest BCUT2D eigenvalue weighted by molar-refractivity contribution is 0.0281. The summed E-state index contributed by atoms with van der Waals surface area (Å²) >= 11 is 0. The zero-order valence-electron chi connectivity index (χ0n) is 18.2. The summed E-state index contributed by atoms with van der Waals surface area (Å²) < 4.78 is 11.6. The highest BCUT2D eigenvalue weighted by atomic mass is 16.5. The molecule has 8 nitrogen and oxygen atoms in total. The lowest BCUT2D eigenvalue weighted by Crippen LogP contribution is -2.44. The maximum absolute atomic E-state index is 13.2. The van der Waals surface area contributed by atoms with Crippen LogP contribution in [0.1, 0.15) is 38.1 Å². The van der Waals surface area contributed by atoms with Crippen LogP contribution in [0.25, 0.3) is 0 Å². The highest BCUT2D eigenvalue weighted by molar-refractivity contribution is 5.99. The molecule has 3 N–H and O–H groups in total. The number of nitrogens with one attached hydrogen (secondary N) is 3. The molecule has 1 aromatic rings. The highest BCUT2D eigenvalue weighted by Gasteiger charge is 2.25. The number of carbonyl (C=O) groups excluding carboxylic acids is 2. The first kappa shape index (κ1) is 23.0. The SMILES string of the molecule is CO[C@H]1CN(C)C(=O)c2cc(NC(=O)NC(C)C)ccc2OC[C@H](C)NC[C@@H]1C. The molecule has 3 atom stereocenters. The van der Waals surface area contributed by atoms with E-state index >= 15 is 0 Å². The molecule has 2 rings (SSSR count). The number of amides is 3. The number of benzene rings is 1. The van der Waals surface area contributed by atoms with Crippen molar-refractivity contribution < 1.29 is 19.1 Å². The fourth-order valence-electron chi connectivity index (χ4n) is 3.17. The van der Waals surface area contributed by atoms with Gasteiger partial charge < -0.3 is 30.3 Å². The Morgan fingerprint density at radius 3 is 2.72 bits per heavy atom. The molecule has 0 aromatic heterocycles. The standard InChI is InChI=1S/C21H34N4O4/c1-13(2)23-21(27)24-16-7-8-18-17(9-16)20(26)25(5)11-19(28-6)14(3)10-22-15(4)12-29-18/h7-9,13-15,19,22H,10-12H2,1-6H3,(H2,23,24,27)/t14-,15-,19-/m0/s1. The Morgan fingerprint density at radius 2 is 2.07 bits per heavy atom. The van der Waals surface area contributed by atoms with Crippen molar-refractivity contribution in [2.24, 2.45) is 5.92 Å². The molecule has 1 aliphatic heterocycles. The number of hydrogen-bond donors (Lipinski definition) is 3. The van der Waals surface area contributed by atoms with Crippen molar-refractivity contribution in [3.63, 3.8) is 0 Å². The number of hydrogen-bond acceptors (Lipinski definition) is 5. The number of methoxy groups -OCH3 is 1. The van der Waals surface area contributed by atoms with Gasteiger partial charge in [0.1, 0.15) is 12.4 Å². The van der Waals surface area contributed by atoms with E-state index in [1.165, 1.54) is 0 Å². The van der Waals surface area contributed by atoms with Gasteiger partial charge in [0.05, 0.1) is 11.7 Å². The molecule has 0 spiro atoms. The number of ether oxygens (including phenoxy) is 2. The summed E-state index contributed by atoms with van der Waals surface area (Å²) in [4.78, 5) is 26.8. The predicted molar refractivity (Wildman–Crippen MR) is 114 cm³/mol. The highest BCUT2D eigenvalue weighted by Crippen LogP contribution is 2.25. The van der Waals surface area contributed by atoms with Crippen LogP contribution < -0.4 is 20.7 Å².